The number of benzene rings is 1. The average molecular weight is 242 g/mol. The van der Waals surface area contributed by atoms with E-state index < -0.39 is 0 Å². The van der Waals surface area contributed by atoms with Gasteiger partial charge in [0.05, 0.1) is 0 Å². The van der Waals surface area contributed by atoms with Gasteiger partial charge in [-0.05, 0) is 54.2 Å². The topological polar surface area (TPSA) is 37.3 Å². The van der Waals surface area contributed by atoms with Crippen LogP contribution in [0.1, 0.15) is 43.7 Å². The van der Waals surface area contributed by atoms with Crippen molar-refractivity contribution in [2.45, 2.75) is 39.0 Å². The molecule has 0 fully saturated rings. The van der Waals surface area contributed by atoms with Crippen LogP contribution in [-0.2, 0) is 11.2 Å². The summed E-state index contributed by atoms with van der Waals surface area (Å²) in [6, 6.07) is 5.55. The van der Waals surface area contributed by atoms with Crippen LogP contribution in [0.3, 0.4) is 0 Å². The Morgan fingerprint density at radius 1 is 1.39 bits per heavy atom. The molecule has 2 heteroatoms. The van der Waals surface area contributed by atoms with Crippen molar-refractivity contribution in [2.24, 2.45) is 5.41 Å². The molecule has 0 radical (unpaired) electrons. The predicted molar refractivity (Wildman–Crippen MR) is 71.4 cm³/mol. The largest absolute Gasteiger partial charge is 0.508 e. The maximum absolute atomic E-state index is 11.7. The van der Waals surface area contributed by atoms with E-state index in [4.69, 9.17) is 0 Å². The summed E-state index contributed by atoms with van der Waals surface area (Å²) in [5.74, 6) is 0.573. The lowest BCUT2D eigenvalue weighted by Crippen LogP contribution is -2.25. The SMILES string of the molecule is CCC[C@@]12CCC(=O)C=C1c1ccc(O)cc1C2. The summed E-state index contributed by atoms with van der Waals surface area (Å²) < 4.78 is 0. The Bertz CT molecular complexity index is 542. The summed E-state index contributed by atoms with van der Waals surface area (Å²) in [5, 5.41) is 9.61. The highest BCUT2D eigenvalue weighted by Gasteiger charge is 2.43. The Labute approximate surface area is 107 Å². The first-order valence-electron chi connectivity index (χ1n) is 6.72. The van der Waals surface area contributed by atoms with Gasteiger partial charge in [-0.15, -0.1) is 0 Å². The molecular formula is C16H18O2. The molecule has 2 nitrogen and oxygen atoms in total. The zero-order chi connectivity index (χ0) is 12.8. The fourth-order valence-electron chi connectivity index (χ4n) is 3.61. The number of aromatic hydroxyl groups is 1. The van der Waals surface area contributed by atoms with E-state index in [0.29, 0.717) is 12.2 Å². The van der Waals surface area contributed by atoms with Gasteiger partial charge in [0.15, 0.2) is 5.78 Å². The van der Waals surface area contributed by atoms with E-state index in [1.807, 2.05) is 18.2 Å². The highest BCUT2D eigenvalue weighted by Crippen LogP contribution is 2.54. The zero-order valence-corrected chi connectivity index (χ0v) is 10.7. The van der Waals surface area contributed by atoms with Crippen LogP contribution in [0.2, 0.25) is 0 Å². The van der Waals surface area contributed by atoms with Crippen molar-refractivity contribution in [3.63, 3.8) is 0 Å². The van der Waals surface area contributed by atoms with Gasteiger partial charge in [0.25, 0.3) is 0 Å². The molecule has 0 spiro atoms. The van der Waals surface area contributed by atoms with E-state index >= 15 is 0 Å². The summed E-state index contributed by atoms with van der Waals surface area (Å²) in [5.41, 5.74) is 3.74. The number of hydrogen-bond acceptors (Lipinski definition) is 2. The minimum atomic E-state index is 0.152. The minimum absolute atomic E-state index is 0.152. The molecule has 0 aliphatic heterocycles. The van der Waals surface area contributed by atoms with Crippen LogP contribution in [0.25, 0.3) is 5.57 Å². The van der Waals surface area contributed by atoms with Crippen molar-refractivity contribution >= 4 is 11.4 Å². The van der Waals surface area contributed by atoms with Gasteiger partial charge in [-0.2, -0.15) is 0 Å². The summed E-state index contributed by atoms with van der Waals surface area (Å²) in [4.78, 5) is 11.7. The standard InChI is InChI=1S/C16H18O2/c1-2-6-16-7-5-13(18)9-15(16)14-4-3-12(17)8-11(14)10-16/h3-4,8-9,17H,2,5-7,10H2,1H3/t16-/m0/s1. The predicted octanol–water partition coefficient (Wildman–Crippen LogP) is 3.48. The molecular weight excluding hydrogens is 224 g/mol. The summed E-state index contributed by atoms with van der Waals surface area (Å²) >= 11 is 0. The molecule has 1 aromatic carbocycles. The Hall–Kier alpha value is -1.57. The van der Waals surface area contributed by atoms with E-state index in [-0.39, 0.29) is 11.2 Å². The molecule has 0 saturated heterocycles. The van der Waals surface area contributed by atoms with E-state index in [2.05, 4.69) is 6.92 Å². The lowest BCUT2D eigenvalue weighted by molar-refractivity contribution is -0.115. The number of carbonyl (C=O) groups excluding carboxylic acids is 1. The molecule has 1 atom stereocenters. The van der Waals surface area contributed by atoms with E-state index in [0.717, 1.165) is 25.7 Å². The second-order valence-electron chi connectivity index (χ2n) is 5.57. The minimum Gasteiger partial charge on any atom is -0.508 e. The van der Waals surface area contributed by atoms with Gasteiger partial charge in [-0.1, -0.05) is 19.4 Å². The second kappa shape index (κ2) is 3.98. The fraction of sp³-hybridized carbons (Fsp3) is 0.438. The van der Waals surface area contributed by atoms with Crippen molar-refractivity contribution in [1.29, 1.82) is 0 Å². The molecule has 0 unspecified atom stereocenters. The van der Waals surface area contributed by atoms with Crippen molar-refractivity contribution in [3.05, 3.63) is 35.4 Å². The number of carbonyl (C=O) groups is 1. The molecule has 0 saturated carbocycles. The Kier molecular flexibility index (Phi) is 2.54. The normalized spacial score (nSPS) is 25.6. The maximum Gasteiger partial charge on any atom is 0.156 e. The highest BCUT2D eigenvalue weighted by molar-refractivity contribution is 6.01. The summed E-state index contributed by atoms with van der Waals surface area (Å²) in [7, 11) is 0. The van der Waals surface area contributed by atoms with Crippen LogP contribution >= 0.6 is 0 Å². The average Bonchev–Trinajstić information content (AvgIpc) is 2.63. The van der Waals surface area contributed by atoms with Crippen LogP contribution in [0.5, 0.6) is 5.75 Å². The maximum atomic E-state index is 11.7. The van der Waals surface area contributed by atoms with E-state index in [9.17, 15) is 9.90 Å². The molecule has 1 aromatic rings. The highest BCUT2D eigenvalue weighted by atomic mass is 16.3. The lowest BCUT2D eigenvalue weighted by atomic mass is 9.70. The molecule has 2 aliphatic rings. The van der Waals surface area contributed by atoms with Crippen LogP contribution in [0.4, 0.5) is 0 Å². The van der Waals surface area contributed by atoms with Crippen LogP contribution in [0.15, 0.2) is 24.3 Å². The third kappa shape index (κ3) is 1.59. The van der Waals surface area contributed by atoms with Crippen molar-refractivity contribution in [3.8, 4) is 5.75 Å². The Balaban J connectivity index is 2.14. The molecule has 94 valence electrons. The number of fused-ring (bicyclic) bond motifs is 3. The Morgan fingerprint density at radius 2 is 2.22 bits per heavy atom. The van der Waals surface area contributed by atoms with Gasteiger partial charge in [0.1, 0.15) is 5.75 Å². The number of allylic oxidation sites excluding steroid dienone is 2. The third-order valence-corrected chi connectivity index (χ3v) is 4.36. The second-order valence-corrected chi connectivity index (χ2v) is 5.57. The van der Waals surface area contributed by atoms with Gasteiger partial charge in [0, 0.05) is 11.8 Å². The fourth-order valence-corrected chi connectivity index (χ4v) is 3.61. The quantitative estimate of drug-likeness (QED) is 0.862. The first-order chi connectivity index (χ1) is 8.64. The van der Waals surface area contributed by atoms with E-state index in [1.165, 1.54) is 16.7 Å². The van der Waals surface area contributed by atoms with Gasteiger partial charge >= 0.3 is 0 Å². The molecule has 1 N–H and O–H groups in total. The molecule has 0 heterocycles. The zero-order valence-electron chi connectivity index (χ0n) is 10.7. The number of rotatable bonds is 2. The molecule has 0 bridgehead atoms. The van der Waals surface area contributed by atoms with Gasteiger partial charge in [0.2, 0.25) is 0 Å². The lowest BCUT2D eigenvalue weighted by Gasteiger charge is -2.33. The van der Waals surface area contributed by atoms with Gasteiger partial charge in [-0.25, -0.2) is 0 Å². The first kappa shape index (κ1) is 11.5. The Morgan fingerprint density at radius 3 is 3.00 bits per heavy atom. The van der Waals surface area contributed by atoms with Crippen LogP contribution in [0, 0.1) is 5.41 Å². The van der Waals surface area contributed by atoms with Crippen molar-refractivity contribution in [1.82, 2.24) is 0 Å². The molecule has 18 heavy (non-hydrogen) atoms. The number of hydrogen-bond donors (Lipinski definition) is 1. The molecule has 0 amide bonds. The number of phenolic OH excluding ortho intramolecular Hbond substituents is 1. The number of ketones is 1. The molecule has 2 aliphatic carbocycles. The van der Waals surface area contributed by atoms with Crippen molar-refractivity contribution in [2.75, 3.05) is 0 Å². The summed E-state index contributed by atoms with van der Waals surface area (Å²) in [6.07, 6.45) is 6.71. The third-order valence-electron chi connectivity index (χ3n) is 4.36. The van der Waals surface area contributed by atoms with Crippen molar-refractivity contribution < 1.29 is 9.90 Å². The monoisotopic (exact) mass is 242 g/mol. The van der Waals surface area contributed by atoms with Gasteiger partial charge < -0.3 is 5.11 Å². The molecule has 0 aromatic heterocycles. The number of phenols is 1. The summed E-state index contributed by atoms with van der Waals surface area (Å²) in [6.45, 7) is 2.20. The van der Waals surface area contributed by atoms with Gasteiger partial charge in [-0.3, -0.25) is 4.79 Å². The first-order valence-corrected chi connectivity index (χ1v) is 6.72. The van der Waals surface area contributed by atoms with Crippen LogP contribution < -0.4 is 0 Å². The smallest absolute Gasteiger partial charge is 0.156 e. The van der Waals surface area contributed by atoms with E-state index in [1.54, 1.807) is 6.07 Å². The van der Waals surface area contributed by atoms with Crippen LogP contribution in [-0.4, -0.2) is 10.9 Å². The molecule has 3 rings (SSSR count).